The Hall–Kier alpha value is -1.91. The van der Waals surface area contributed by atoms with Crippen LogP contribution in [0.1, 0.15) is 18.2 Å². The largest absolute Gasteiger partial charge is 0.492 e. The normalized spacial score (nSPS) is 14.5. The second-order valence-corrected chi connectivity index (χ2v) is 7.14. The molecule has 8 heteroatoms. The first-order valence-electron chi connectivity index (χ1n) is 10.8. The van der Waals surface area contributed by atoms with Crippen LogP contribution in [-0.2, 0) is 17.7 Å². The van der Waals surface area contributed by atoms with Gasteiger partial charge in [0.25, 0.3) is 0 Å². The highest BCUT2D eigenvalue weighted by molar-refractivity contribution is 14.0. The number of benzene rings is 1. The average molecular weight is 539 g/mol. The molecule has 0 amide bonds. The Morgan fingerprint density at radius 1 is 1.16 bits per heavy atom. The molecule has 0 atom stereocenters. The van der Waals surface area contributed by atoms with Crippen molar-refractivity contribution in [2.75, 3.05) is 52.5 Å². The highest BCUT2D eigenvalue weighted by Gasteiger charge is 2.09. The van der Waals surface area contributed by atoms with E-state index in [0.717, 1.165) is 75.3 Å². The molecule has 2 aromatic rings. The first-order valence-corrected chi connectivity index (χ1v) is 10.8. The molecule has 1 aromatic heterocycles. The molecule has 1 saturated heterocycles. The number of halogens is 1. The van der Waals surface area contributed by atoms with Gasteiger partial charge in [-0.05, 0) is 36.8 Å². The van der Waals surface area contributed by atoms with Crippen LogP contribution in [-0.4, -0.2) is 68.4 Å². The van der Waals surface area contributed by atoms with Crippen molar-refractivity contribution in [2.24, 2.45) is 4.99 Å². The van der Waals surface area contributed by atoms with Gasteiger partial charge >= 0.3 is 0 Å². The maximum absolute atomic E-state index is 5.95. The van der Waals surface area contributed by atoms with Crippen molar-refractivity contribution < 1.29 is 9.47 Å². The summed E-state index contributed by atoms with van der Waals surface area (Å²) in [5.41, 5.74) is 2.20. The number of nitrogens with one attached hydrogen (secondary N) is 2. The van der Waals surface area contributed by atoms with Crippen LogP contribution in [0.2, 0.25) is 0 Å². The van der Waals surface area contributed by atoms with E-state index in [0.29, 0.717) is 13.2 Å². The van der Waals surface area contributed by atoms with Crippen molar-refractivity contribution in [1.82, 2.24) is 20.5 Å². The van der Waals surface area contributed by atoms with E-state index in [1.807, 2.05) is 36.5 Å². The topological polar surface area (TPSA) is 71.0 Å². The molecular formula is C23H34IN5O2. The lowest BCUT2D eigenvalue weighted by atomic mass is 10.2. The van der Waals surface area contributed by atoms with Gasteiger partial charge in [-0.15, -0.1) is 24.0 Å². The molecule has 31 heavy (non-hydrogen) atoms. The maximum atomic E-state index is 5.95. The van der Waals surface area contributed by atoms with E-state index in [1.54, 1.807) is 0 Å². The quantitative estimate of drug-likeness (QED) is 0.275. The molecule has 0 radical (unpaired) electrons. The molecule has 3 rings (SSSR count). The predicted molar refractivity (Wildman–Crippen MR) is 135 cm³/mol. The van der Waals surface area contributed by atoms with E-state index in [-0.39, 0.29) is 24.0 Å². The van der Waals surface area contributed by atoms with E-state index in [2.05, 4.69) is 39.6 Å². The van der Waals surface area contributed by atoms with Gasteiger partial charge in [0, 0.05) is 51.0 Å². The number of aromatic nitrogens is 1. The number of nitrogens with zero attached hydrogens (tertiary/aromatic N) is 3. The molecule has 0 bridgehead atoms. The summed E-state index contributed by atoms with van der Waals surface area (Å²) in [7, 11) is 0. The Morgan fingerprint density at radius 3 is 2.81 bits per heavy atom. The summed E-state index contributed by atoms with van der Waals surface area (Å²) in [5, 5.41) is 6.67. The van der Waals surface area contributed by atoms with Crippen LogP contribution in [0.4, 0.5) is 0 Å². The number of hydrogen-bond donors (Lipinski definition) is 2. The lowest BCUT2D eigenvalue weighted by Gasteiger charge is -2.26. The fourth-order valence-corrected chi connectivity index (χ4v) is 3.22. The molecule has 2 heterocycles. The fourth-order valence-electron chi connectivity index (χ4n) is 3.22. The SMILES string of the molecule is CCNC(=NCc1cccc(OCCN2CCOCC2)c1)NCCc1ccccn1.I. The number of pyridine rings is 1. The molecule has 0 aliphatic carbocycles. The minimum atomic E-state index is 0. The highest BCUT2D eigenvalue weighted by atomic mass is 127. The summed E-state index contributed by atoms with van der Waals surface area (Å²) in [5.74, 6) is 1.70. The van der Waals surface area contributed by atoms with E-state index >= 15 is 0 Å². The summed E-state index contributed by atoms with van der Waals surface area (Å²) in [6.45, 7) is 9.49. The Morgan fingerprint density at radius 2 is 2.03 bits per heavy atom. The van der Waals surface area contributed by atoms with Crippen LogP contribution in [0.15, 0.2) is 53.7 Å². The summed E-state index contributed by atoms with van der Waals surface area (Å²) < 4.78 is 11.3. The number of guanidine groups is 1. The standard InChI is InChI=1S/C23H33N5O2.HI/c1-2-24-23(26-11-9-21-7-3-4-10-25-21)27-19-20-6-5-8-22(18-20)30-17-14-28-12-15-29-16-13-28;/h3-8,10,18H,2,9,11-17,19H2,1H3,(H2,24,26,27);1H. The van der Waals surface area contributed by atoms with Gasteiger partial charge in [-0.2, -0.15) is 0 Å². The Balaban J connectivity index is 0.00000341. The van der Waals surface area contributed by atoms with Gasteiger partial charge in [0.2, 0.25) is 0 Å². The minimum Gasteiger partial charge on any atom is -0.492 e. The lowest BCUT2D eigenvalue weighted by Crippen LogP contribution is -2.38. The van der Waals surface area contributed by atoms with E-state index in [4.69, 9.17) is 14.5 Å². The zero-order chi connectivity index (χ0) is 20.9. The van der Waals surface area contributed by atoms with Gasteiger partial charge in [-0.3, -0.25) is 9.88 Å². The van der Waals surface area contributed by atoms with Crippen LogP contribution in [0.5, 0.6) is 5.75 Å². The molecule has 1 aromatic carbocycles. The molecule has 0 unspecified atom stereocenters. The summed E-state index contributed by atoms with van der Waals surface area (Å²) in [6.07, 6.45) is 2.68. The number of rotatable bonds is 10. The maximum Gasteiger partial charge on any atom is 0.191 e. The van der Waals surface area contributed by atoms with Gasteiger partial charge in [-0.25, -0.2) is 4.99 Å². The van der Waals surface area contributed by atoms with Gasteiger partial charge in [0.05, 0.1) is 19.8 Å². The fraction of sp³-hybridized carbons (Fsp3) is 0.478. The number of aliphatic imine (C=N–C) groups is 1. The average Bonchev–Trinajstić information content (AvgIpc) is 2.79. The zero-order valence-corrected chi connectivity index (χ0v) is 20.6. The third kappa shape index (κ3) is 9.84. The third-order valence-electron chi connectivity index (χ3n) is 4.84. The molecular weight excluding hydrogens is 505 g/mol. The molecule has 1 fully saturated rings. The van der Waals surface area contributed by atoms with Crippen molar-refractivity contribution in [1.29, 1.82) is 0 Å². The zero-order valence-electron chi connectivity index (χ0n) is 18.3. The summed E-state index contributed by atoms with van der Waals surface area (Å²) in [6, 6.07) is 14.2. The predicted octanol–water partition coefficient (Wildman–Crippen LogP) is 2.71. The molecule has 0 saturated carbocycles. The van der Waals surface area contributed by atoms with Gasteiger partial charge in [0.15, 0.2) is 5.96 Å². The Labute approximate surface area is 202 Å². The molecule has 7 nitrogen and oxygen atoms in total. The summed E-state index contributed by atoms with van der Waals surface area (Å²) in [4.78, 5) is 11.4. The van der Waals surface area contributed by atoms with Crippen molar-refractivity contribution in [2.45, 2.75) is 19.9 Å². The van der Waals surface area contributed by atoms with E-state index in [1.165, 1.54) is 0 Å². The van der Waals surface area contributed by atoms with Crippen molar-refractivity contribution >= 4 is 29.9 Å². The molecule has 2 N–H and O–H groups in total. The van der Waals surface area contributed by atoms with E-state index in [9.17, 15) is 0 Å². The second-order valence-electron chi connectivity index (χ2n) is 7.14. The minimum absolute atomic E-state index is 0. The molecule has 1 aliphatic heterocycles. The number of morpholine rings is 1. The second kappa shape index (κ2) is 15.0. The van der Waals surface area contributed by atoms with Crippen molar-refractivity contribution in [3.05, 3.63) is 59.9 Å². The van der Waals surface area contributed by atoms with Crippen molar-refractivity contribution in [3.63, 3.8) is 0 Å². The van der Waals surface area contributed by atoms with Crippen molar-refractivity contribution in [3.8, 4) is 5.75 Å². The van der Waals surface area contributed by atoms with Gasteiger partial charge in [-0.1, -0.05) is 18.2 Å². The van der Waals surface area contributed by atoms with Crippen LogP contribution >= 0.6 is 24.0 Å². The van der Waals surface area contributed by atoms with Gasteiger partial charge in [0.1, 0.15) is 12.4 Å². The lowest BCUT2D eigenvalue weighted by molar-refractivity contribution is 0.0322. The number of hydrogen-bond acceptors (Lipinski definition) is 5. The summed E-state index contributed by atoms with van der Waals surface area (Å²) >= 11 is 0. The van der Waals surface area contributed by atoms with Crippen LogP contribution in [0, 0.1) is 0 Å². The highest BCUT2D eigenvalue weighted by Crippen LogP contribution is 2.14. The molecule has 0 spiro atoms. The smallest absolute Gasteiger partial charge is 0.191 e. The molecule has 1 aliphatic rings. The first kappa shape index (κ1) is 25.4. The Bertz CT molecular complexity index is 770. The molecule has 170 valence electrons. The van der Waals surface area contributed by atoms with Crippen LogP contribution in [0.3, 0.4) is 0 Å². The monoisotopic (exact) mass is 539 g/mol. The van der Waals surface area contributed by atoms with Gasteiger partial charge < -0.3 is 20.1 Å². The van der Waals surface area contributed by atoms with Crippen LogP contribution < -0.4 is 15.4 Å². The van der Waals surface area contributed by atoms with Crippen LogP contribution in [0.25, 0.3) is 0 Å². The third-order valence-corrected chi connectivity index (χ3v) is 4.84. The van der Waals surface area contributed by atoms with E-state index < -0.39 is 0 Å². The first-order chi connectivity index (χ1) is 14.8. The Kier molecular flexibility index (Phi) is 12.3. The number of ether oxygens (including phenoxy) is 2.